The van der Waals surface area contributed by atoms with Crippen LogP contribution in [0.2, 0.25) is 0 Å². The van der Waals surface area contributed by atoms with Crippen LogP contribution in [0, 0.1) is 6.92 Å². The van der Waals surface area contributed by atoms with Gasteiger partial charge in [-0.15, -0.1) is 0 Å². The largest absolute Gasteiger partial charge is 0.326 e. The second kappa shape index (κ2) is 6.70. The summed E-state index contributed by atoms with van der Waals surface area (Å²) in [5, 5.41) is 5.59. The minimum absolute atomic E-state index is 0.0844. The van der Waals surface area contributed by atoms with Gasteiger partial charge in [0, 0.05) is 18.3 Å². The van der Waals surface area contributed by atoms with Crippen LogP contribution in [-0.2, 0) is 16.0 Å². The van der Waals surface area contributed by atoms with Crippen LogP contribution in [0.5, 0.6) is 0 Å². The molecule has 2 rings (SSSR count). The van der Waals surface area contributed by atoms with Crippen LogP contribution in [0.25, 0.3) is 0 Å². The maximum absolute atomic E-state index is 12.0. The highest BCUT2D eigenvalue weighted by Crippen LogP contribution is 2.20. The monoisotopic (exact) mass is 282 g/mol. The fourth-order valence-corrected chi connectivity index (χ4v) is 2.01. The molecule has 4 heteroatoms. The van der Waals surface area contributed by atoms with E-state index in [4.69, 9.17) is 0 Å². The minimum Gasteiger partial charge on any atom is -0.326 e. The summed E-state index contributed by atoms with van der Waals surface area (Å²) < 4.78 is 0. The van der Waals surface area contributed by atoms with Crippen LogP contribution in [0.1, 0.15) is 18.1 Å². The van der Waals surface area contributed by atoms with Crippen molar-refractivity contribution in [3.05, 3.63) is 59.7 Å². The van der Waals surface area contributed by atoms with E-state index in [0.29, 0.717) is 17.8 Å². The van der Waals surface area contributed by atoms with Crippen molar-refractivity contribution in [2.45, 2.75) is 20.3 Å². The van der Waals surface area contributed by atoms with Crippen molar-refractivity contribution in [1.29, 1.82) is 0 Å². The van der Waals surface area contributed by atoms with Gasteiger partial charge in [-0.2, -0.15) is 0 Å². The van der Waals surface area contributed by atoms with E-state index in [1.165, 1.54) is 6.92 Å². The lowest BCUT2D eigenvalue weighted by atomic mass is 10.1. The molecule has 0 fully saturated rings. The van der Waals surface area contributed by atoms with Gasteiger partial charge in [0.1, 0.15) is 0 Å². The summed E-state index contributed by atoms with van der Waals surface area (Å²) >= 11 is 0. The Hall–Kier alpha value is -2.62. The predicted octanol–water partition coefficient (Wildman–Crippen LogP) is 3.13. The highest BCUT2D eigenvalue weighted by Gasteiger charge is 2.06. The van der Waals surface area contributed by atoms with Crippen LogP contribution in [0.4, 0.5) is 11.4 Å². The number of amides is 2. The van der Waals surface area contributed by atoms with Crippen molar-refractivity contribution in [3.63, 3.8) is 0 Å². The molecule has 0 unspecified atom stereocenters. The summed E-state index contributed by atoms with van der Waals surface area (Å²) in [7, 11) is 0. The number of carbonyl (C=O) groups is 2. The van der Waals surface area contributed by atoms with E-state index < -0.39 is 0 Å². The van der Waals surface area contributed by atoms with Crippen molar-refractivity contribution >= 4 is 23.2 Å². The summed E-state index contributed by atoms with van der Waals surface area (Å²) in [6.07, 6.45) is 0.324. The molecule has 2 aromatic rings. The maximum Gasteiger partial charge on any atom is 0.228 e. The third-order valence-electron chi connectivity index (χ3n) is 3.04. The summed E-state index contributed by atoms with van der Waals surface area (Å²) in [6.45, 7) is 3.36. The fraction of sp³-hybridized carbons (Fsp3) is 0.176. The third kappa shape index (κ3) is 4.45. The molecule has 0 atom stereocenters. The molecule has 2 N–H and O–H groups in total. The molecule has 0 aliphatic heterocycles. The molecule has 21 heavy (non-hydrogen) atoms. The molecule has 0 radical (unpaired) electrons. The lowest BCUT2D eigenvalue weighted by Crippen LogP contribution is -2.15. The number of rotatable bonds is 4. The smallest absolute Gasteiger partial charge is 0.228 e. The summed E-state index contributed by atoms with van der Waals surface area (Å²) in [4.78, 5) is 23.1. The van der Waals surface area contributed by atoms with Crippen LogP contribution in [0.15, 0.2) is 48.5 Å². The number of hydrogen-bond donors (Lipinski definition) is 2. The molecule has 0 bridgehead atoms. The maximum atomic E-state index is 12.0. The third-order valence-corrected chi connectivity index (χ3v) is 3.04. The van der Waals surface area contributed by atoms with E-state index in [1.54, 1.807) is 6.07 Å². The van der Waals surface area contributed by atoms with Crippen molar-refractivity contribution in [3.8, 4) is 0 Å². The van der Waals surface area contributed by atoms with Crippen LogP contribution < -0.4 is 10.6 Å². The minimum atomic E-state index is -0.133. The second-order valence-corrected chi connectivity index (χ2v) is 4.92. The van der Waals surface area contributed by atoms with Gasteiger partial charge >= 0.3 is 0 Å². The molecule has 0 saturated carbocycles. The van der Waals surface area contributed by atoms with Crippen LogP contribution in [-0.4, -0.2) is 11.8 Å². The molecular weight excluding hydrogens is 264 g/mol. The summed E-state index contributed by atoms with van der Waals surface area (Å²) in [5.74, 6) is -0.218. The lowest BCUT2D eigenvalue weighted by molar-refractivity contribution is -0.115. The van der Waals surface area contributed by atoms with Gasteiger partial charge in [-0.25, -0.2) is 0 Å². The van der Waals surface area contributed by atoms with Gasteiger partial charge in [-0.05, 0) is 30.2 Å². The summed E-state index contributed by atoms with van der Waals surface area (Å²) in [6, 6.07) is 15.0. The van der Waals surface area contributed by atoms with Crippen LogP contribution in [0.3, 0.4) is 0 Å². The van der Waals surface area contributed by atoms with Gasteiger partial charge < -0.3 is 10.6 Å². The molecule has 2 amide bonds. The Morgan fingerprint density at radius 1 is 1.00 bits per heavy atom. The normalized spacial score (nSPS) is 10.0. The standard InChI is InChI=1S/C17H18N2O2/c1-12-8-9-15(11-16(12)18-13(2)20)19-17(21)10-14-6-4-3-5-7-14/h3-9,11H,10H2,1-2H3,(H,18,20)(H,19,21). The highest BCUT2D eigenvalue weighted by molar-refractivity contribution is 5.94. The van der Waals surface area contributed by atoms with Gasteiger partial charge in [-0.1, -0.05) is 36.4 Å². The zero-order valence-corrected chi connectivity index (χ0v) is 12.1. The van der Waals surface area contributed by atoms with Crippen molar-refractivity contribution in [2.75, 3.05) is 10.6 Å². The summed E-state index contributed by atoms with van der Waals surface area (Å²) in [5.41, 5.74) is 3.29. The Bertz CT molecular complexity index is 651. The van der Waals surface area contributed by atoms with E-state index >= 15 is 0 Å². The first-order chi connectivity index (χ1) is 10.0. The Balaban J connectivity index is 2.05. The van der Waals surface area contributed by atoms with Crippen LogP contribution >= 0.6 is 0 Å². The average molecular weight is 282 g/mol. The number of nitrogens with one attached hydrogen (secondary N) is 2. The molecule has 0 saturated heterocycles. The number of benzene rings is 2. The lowest BCUT2D eigenvalue weighted by Gasteiger charge is -2.10. The number of carbonyl (C=O) groups excluding carboxylic acids is 2. The first-order valence-corrected chi connectivity index (χ1v) is 6.76. The molecule has 0 heterocycles. The number of hydrogen-bond acceptors (Lipinski definition) is 2. The molecule has 108 valence electrons. The van der Waals surface area contributed by atoms with E-state index in [-0.39, 0.29) is 11.8 Å². The Morgan fingerprint density at radius 3 is 2.38 bits per heavy atom. The second-order valence-electron chi connectivity index (χ2n) is 4.92. The zero-order chi connectivity index (χ0) is 15.2. The van der Waals surface area contributed by atoms with Gasteiger partial charge in [0.25, 0.3) is 0 Å². The van der Waals surface area contributed by atoms with Crippen molar-refractivity contribution in [2.24, 2.45) is 0 Å². The molecule has 0 aliphatic rings. The van der Waals surface area contributed by atoms with E-state index in [0.717, 1.165) is 11.1 Å². The van der Waals surface area contributed by atoms with E-state index in [9.17, 15) is 9.59 Å². The Kier molecular flexibility index (Phi) is 4.72. The first-order valence-electron chi connectivity index (χ1n) is 6.76. The number of anilines is 2. The Morgan fingerprint density at radius 2 is 1.71 bits per heavy atom. The molecule has 0 aliphatic carbocycles. The first kappa shape index (κ1) is 14.8. The van der Waals surface area contributed by atoms with E-state index in [1.807, 2.05) is 49.4 Å². The van der Waals surface area contributed by atoms with Gasteiger partial charge in [0.05, 0.1) is 6.42 Å². The topological polar surface area (TPSA) is 58.2 Å². The quantitative estimate of drug-likeness (QED) is 0.905. The van der Waals surface area contributed by atoms with Crippen molar-refractivity contribution < 1.29 is 9.59 Å². The molecular formula is C17H18N2O2. The predicted molar refractivity (Wildman–Crippen MR) is 84.3 cm³/mol. The number of aryl methyl sites for hydroxylation is 1. The highest BCUT2D eigenvalue weighted by atomic mass is 16.2. The molecule has 0 aromatic heterocycles. The van der Waals surface area contributed by atoms with Gasteiger partial charge in [-0.3, -0.25) is 9.59 Å². The molecule has 0 spiro atoms. The average Bonchev–Trinajstić information content (AvgIpc) is 2.43. The van der Waals surface area contributed by atoms with E-state index in [2.05, 4.69) is 10.6 Å². The van der Waals surface area contributed by atoms with Gasteiger partial charge in [0.15, 0.2) is 0 Å². The molecule has 2 aromatic carbocycles. The fourth-order valence-electron chi connectivity index (χ4n) is 2.01. The Labute approximate surface area is 124 Å². The van der Waals surface area contributed by atoms with Crippen molar-refractivity contribution in [1.82, 2.24) is 0 Å². The van der Waals surface area contributed by atoms with Gasteiger partial charge in [0.2, 0.25) is 11.8 Å². The zero-order valence-electron chi connectivity index (χ0n) is 12.1. The molecule has 4 nitrogen and oxygen atoms in total. The SMILES string of the molecule is CC(=O)Nc1cc(NC(=O)Cc2ccccc2)ccc1C.